The third-order valence-corrected chi connectivity index (χ3v) is 1.70. The molecule has 4 heteroatoms. The Morgan fingerprint density at radius 2 is 2.27 bits per heavy atom. The largest absolute Gasteiger partial charge is 0.482 e. The van der Waals surface area contributed by atoms with E-state index in [0.717, 1.165) is 5.56 Å². The van der Waals surface area contributed by atoms with Gasteiger partial charge in [0.1, 0.15) is 12.4 Å². The van der Waals surface area contributed by atoms with Gasteiger partial charge in [-0.05, 0) is 24.6 Å². The third-order valence-electron chi connectivity index (χ3n) is 1.70. The van der Waals surface area contributed by atoms with Gasteiger partial charge in [-0.2, -0.15) is 0 Å². The van der Waals surface area contributed by atoms with Crippen molar-refractivity contribution in [2.75, 3.05) is 19.8 Å². The number of esters is 1. The number of carbonyl (C=O) groups is 1. The van der Waals surface area contributed by atoms with Crippen LogP contribution in [0, 0.1) is 6.92 Å². The van der Waals surface area contributed by atoms with Crippen molar-refractivity contribution in [2.24, 2.45) is 0 Å². The second-order valence-electron chi connectivity index (χ2n) is 3.05. The molecule has 0 aliphatic rings. The fraction of sp³-hybridized carbons (Fsp3) is 0.364. The van der Waals surface area contributed by atoms with Gasteiger partial charge in [-0.25, -0.2) is 4.79 Å². The van der Waals surface area contributed by atoms with Crippen LogP contribution in [-0.2, 0) is 9.53 Å². The molecule has 0 saturated carbocycles. The number of benzene rings is 1. The van der Waals surface area contributed by atoms with Crippen LogP contribution in [0.15, 0.2) is 24.3 Å². The van der Waals surface area contributed by atoms with Crippen molar-refractivity contribution >= 4 is 5.97 Å². The molecule has 0 radical (unpaired) electrons. The Hall–Kier alpha value is -1.55. The van der Waals surface area contributed by atoms with Crippen LogP contribution in [-0.4, -0.2) is 30.9 Å². The van der Waals surface area contributed by atoms with Crippen LogP contribution >= 0.6 is 0 Å². The third kappa shape index (κ3) is 4.46. The molecule has 0 fully saturated rings. The molecular weight excluding hydrogens is 196 g/mol. The molecule has 0 bridgehead atoms. The summed E-state index contributed by atoms with van der Waals surface area (Å²) < 4.78 is 9.82. The van der Waals surface area contributed by atoms with E-state index in [2.05, 4.69) is 4.74 Å². The SMILES string of the molecule is Cc1cccc(OCC(=O)OCCO)c1. The molecule has 1 rings (SSSR count). The molecule has 0 heterocycles. The molecule has 0 amide bonds. The zero-order valence-corrected chi connectivity index (χ0v) is 8.60. The van der Waals surface area contributed by atoms with E-state index in [1.165, 1.54) is 0 Å². The summed E-state index contributed by atoms with van der Waals surface area (Å²) in [5.74, 6) is 0.154. The van der Waals surface area contributed by atoms with Gasteiger partial charge < -0.3 is 14.6 Å². The van der Waals surface area contributed by atoms with Crippen molar-refractivity contribution in [1.82, 2.24) is 0 Å². The topological polar surface area (TPSA) is 55.8 Å². The molecule has 1 aromatic rings. The van der Waals surface area contributed by atoms with Gasteiger partial charge in [-0.1, -0.05) is 12.1 Å². The Kier molecular flexibility index (Phi) is 4.63. The minimum Gasteiger partial charge on any atom is -0.482 e. The Labute approximate surface area is 88.4 Å². The van der Waals surface area contributed by atoms with E-state index in [4.69, 9.17) is 9.84 Å². The summed E-state index contributed by atoms with van der Waals surface area (Å²) in [4.78, 5) is 11.0. The average molecular weight is 210 g/mol. The maximum absolute atomic E-state index is 11.0. The first-order valence-corrected chi connectivity index (χ1v) is 4.68. The van der Waals surface area contributed by atoms with Crippen LogP contribution in [0.2, 0.25) is 0 Å². The maximum atomic E-state index is 11.0. The summed E-state index contributed by atoms with van der Waals surface area (Å²) in [6, 6.07) is 7.40. The molecule has 0 saturated heterocycles. The van der Waals surface area contributed by atoms with Gasteiger partial charge >= 0.3 is 5.97 Å². The van der Waals surface area contributed by atoms with Crippen molar-refractivity contribution in [3.8, 4) is 5.75 Å². The zero-order valence-electron chi connectivity index (χ0n) is 8.60. The smallest absolute Gasteiger partial charge is 0.344 e. The van der Waals surface area contributed by atoms with Crippen molar-refractivity contribution in [3.63, 3.8) is 0 Å². The van der Waals surface area contributed by atoms with Gasteiger partial charge in [0.15, 0.2) is 6.61 Å². The van der Waals surface area contributed by atoms with Crippen molar-refractivity contribution < 1.29 is 19.4 Å². The molecule has 4 nitrogen and oxygen atoms in total. The first-order valence-electron chi connectivity index (χ1n) is 4.68. The highest BCUT2D eigenvalue weighted by Gasteiger charge is 2.03. The van der Waals surface area contributed by atoms with Crippen LogP contribution in [0.25, 0.3) is 0 Å². The standard InChI is InChI=1S/C11H14O4/c1-9-3-2-4-10(7-9)15-8-11(13)14-6-5-12/h2-4,7,12H,5-6,8H2,1H3. The summed E-state index contributed by atoms with van der Waals surface area (Å²) >= 11 is 0. The Bertz CT molecular complexity index is 322. The number of hydrogen-bond acceptors (Lipinski definition) is 4. The fourth-order valence-electron chi connectivity index (χ4n) is 1.05. The van der Waals surface area contributed by atoms with Crippen molar-refractivity contribution in [3.05, 3.63) is 29.8 Å². The summed E-state index contributed by atoms with van der Waals surface area (Å²) in [6.07, 6.45) is 0. The molecule has 1 N–H and O–H groups in total. The van der Waals surface area contributed by atoms with E-state index in [1.807, 2.05) is 25.1 Å². The summed E-state index contributed by atoms with van der Waals surface area (Å²) in [6.45, 7) is 1.65. The number of hydrogen-bond donors (Lipinski definition) is 1. The normalized spacial score (nSPS) is 9.73. The monoisotopic (exact) mass is 210 g/mol. The molecule has 0 aromatic heterocycles. The minimum absolute atomic E-state index is 0.00993. The quantitative estimate of drug-likeness (QED) is 0.734. The predicted molar refractivity (Wildman–Crippen MR) is 54.7 cm³/mol. The lowest BCUT2D eigenvalue weighted by Gasteiger charge is -2.06. The lowest BCUT2D eigenvalue weighted by atomic mass is 10.2. The first kappa shape index (κ1) is 11.5. The first-order chi connectivity index (χ1) is 7.22. The lowest BCUT2D eigenvalue weighted by molar-refractivity contribution is -0.146. The van der Waals surface area contributed by atoms with Crippen molar-refractivity contribution in [1.29, 1.82) is 0 Å². The Morgan fingerprint density at radius 1 is 1.47 bits per heavy atom. The highest BCUT2D eigenvalue weighted by molar-refractivity contribution is 5.71. The highest BCUT2D eigenvalue weighted by atomic mass is 16.6. The van der Waals surface area contributed by atoms with Crippen LogP contribution in [0.5, 0.6) is 5.75 Å². The van der Waals surface area contributed by atoms with E-state index in [9.17, 15) is 4.79 Å². The number of aliphatic hydroxyl groups is 1. The highest BCUT2D eigenvalue weighted by Crippen LogP contribution is 2.11. The summed E-state index contributed by atoms with van der Waals surface area (Å²) in [7, 11) is 0. The van der Waals surface area contributed by atoms with Gasteiger partial charge in [0.25, 0.3) is 0 Å². The van der Waals surface area contributed by atoms with Gasteiger partial charge in [0, 0.05) is 0 Å². The van der Waals surface area contributed by atoms with Crippen LogP contribution in [0.3, 0.4) is 0 Å². The molecule has 0 aliphatic heterocycles. The second-order valence-corrected chi connectivity index (χ2v) is 3.05. The Morgan fingerprint density at radius 3 is 2.93 bits per heavy atom. The number of rotatable bonds is 5. The lowest BCUT2D eigenvalue weighted by Crippen LogP contribution is -2.16. The number of aryl methyl sites for hydroxylation is 1. The van der Waals surface area contributed by atoms with E-state index in [1.54, 1.807) is 6.07 Å². The fourth-order valence-corrected chi connectivity index (χ4v) is 1.05. The molecular formula is C11H14O4. The van der Waals surface area contributed by atoms with E-state index in [-0.39, 0.29) is 19.8 Å². The summed E-state index contributed by atoms with van der Waals surface area (Å²) in [5, 5.41) is 8.42. The average Bonchev–Trinajstić information content (AvgIpc) is 2.23. The molecule has 1 aromatic carbocycles. The predicted octanol–water partition coefficient (Wildman–Crippen LogP) is 0.909. The molecule has 0 unspecified atom stereocenters. The van der Waals surface area contributed by atoms with E-state index < -0.39 is 5.97 Å². The number of ether oxygens (including phenoxy) is 2. The number of carbonyl (C=O) groups excluding carboxylic acids is 1. The second kappa shape index (κ2) is 6.03. The molecule has 0 atom stereocenters. The molecule has 0 aliphatic carbocycles. The minimum atomic E-state index is -0.481. The maximum Gasteiger partial charge on any atom is 0.344 e. The van der Waals surface area contributed by atoms with Crippen LogP contribution in [0.1, 0.15) is 5.56 Å². The molecule has 0 spiro atoms. The van der Waals surface area contributed by atoms with Gasteiger partial charge in [0.05, 0.1) is 6.61 Å². The molecule has 82 valence electrons. The van der Waals surface area contributed by atoms with Crippen LogP contribution in [0.4, 0.5) is 0 Å². The van der Waals surface area contributed by atoms with Gasteiger partial charge in [-0.15, -0.1) is 0 Å². The van der Waals surface area contributed by atoms with E-state index >= 15 is 0 Å². The zero-order chi connectivity index (χ0) is 11.1. The summed E-state index contributed by atoms with van der Waals surface area (Å²) in [5.41, 5.74) is 1.07. The molecule has 15 heavy (non-hydrogen) atoms. The van der Waals surface area contributed by atoms with Gasteiger partial charge in [0.2, 0.25) is 0 Å². The number of aliphatic hydroxyl groups excluding tert-OH is 1. The Balaban J connectivity index is 2.33. The van der Waals surface area contributed by atoms with Crippen LogP contribution < -0.4 is 4.74 Å². The van der Waals surface area contributed by atoms with E-state index in [0.29, 0.717) is 5.75 Å². The van der Waals surface area contributed by atoms with Crippen molar-refractivity contribution in [2.45, 2.75) is 6.92 Å². The van der Waals surface area contributed by atoms with Gasteiger partial charge in [-0.3, -0.25) is 0 Å².